The van der Waals surface area contributed by atoms with Crippen LogP contribution < -0.4 is 0 Å². The summed E-state index contributed by atoms with van der Waals surface area (Å²) in [5.74, 6) is -0.131. The van der Waals surface area contributed by atoms with E-state index in [1.807, 2.05) is 30.3 Å². The summed E-state index contributed by atoms with van der Waals surface area (Å²) in [6.45, 7) is 1.61. The molecule has 1 aromatic heterocycles. The van der Waals surface area contributed by atoms with Crippen molar-refractivity contribution < 1.29 is 5.11 Å². The molecule has 3 nitrogen and oxygen atoms in total. The van der Waals surface area contributed by atoms with Gasteiger partial charge in [-0.05, 0) is 19.1 Å². The first-order chi connectivity index (χ1) is 8.13. The van der Waals surface area contributed by atoms with Gasteiger partial charge in [0, 0.05) is 0 Å². The van der Waals surface area contributed by atoms with E-state index >= 15 is 0 Å². The molecule has 0 unspecified atom stereocenters. The summed E-state index contributed by atoms with van der Waals surface area (Å²) >= 11 is 7.13. The van der Waals surface area contributed by atoms with Gasteiger partial charge in [-0.3, -0.25) is 0 Å². The molecule has 0 bridgehead atoms. The molecule has 0 aliphatic rings. The van der Waals surface area contributed by atoms with E-state index < -0.39 is 5.38 Å². The van der Waals surface area contributed by atoms with Crippen LogP contribution in [0.25, 0.3) is 15.8 Å². The van der Waals surface area contributed by atoms with Gasteiger partial charge in [0.25, 0.3) is 0 Å². The fourth-order valence-electron chi connectivity index (χ4n) is 1.39. The van der Waals surface area contributed by atoms with E-state index in [4.69, 9.17) is 16.9 Å². The molecule has 86 valence electrons. The third-order valence-corrected chi connectivity index (χ3v) is 3.51. The zero-order chi connectivity index (χ0) is 12.4. The van der Waals surface area contributed by atoms with Crippen molar-refractivity contribution in [3.05, 3.63) is 35.0 Å². The van der Waals surface area contributed by atoms with Crippen molar-refractivity contribution in [2.45, 2.75) is 12.3 Å². The van der Waals surface area contributed by atoms with Crippen LogP contribution in [0.3, 0.4) is 0 Å². The van der Waals surface area contributed by atoms with E-state index in [1.165, 1.54) is 11.3 Å². The average molecular weight is 265 g/mol. The van der Waals surface area contributed by atoms with Crippen LogP contribution in [0.15, 0.2) is 30.0 Å². The molecule has 0 saturated carbocycles. The molecule has 0 aliphatic heterocycles. The number of fused-ring (bicyclic) bond motifs is 1. The number of para-hydroxylation sites is 1. The summed E-state index contributed by atoms with van der Waals surface area (Å²) in [6, 6.07) is 9.53. The number of aliphatic hydroxyl groups is 1. The molecule has 0 saturated heterocycles. The van der Waals surface area contributed by atoms with Crippen molar-refractivity contribution in [2.75, 3.05) is 0 Å². The summed E-state index contributed by atoms with van der Waals surface area (Å²) in [5.41, 5.74) is 0.962. The largest absolute Gasteiger partial charge is 0.509 e. The van der Waals surface area contributed by atoms with Crippen molar-refractivity contribution in [2.24, 2.45) is 0 Å². The lowest BCUT2D eigenvalue weighted by molar-refractivity contribution is 0.400. The standard InChI is InChI=1S/C12H9ClN2OS/c1-7(13)11(16)8(6-14)12-15-9-4-2-3-5-10(9)17-12/h2-5,7,16H,1H3/b11-8-/t7-/m1/s1. The first kappa shape index (κ1) is 11.9. The molecule has 2 rings (SSSR count). The highest BCUT2D eigenvalue weighted by Crippen LogP contribution is 2.29. The molecule has 0 aliphatic carbocycles. The average Bonchev–Trinajstić information content (AvgIpc) is 2.72. The summed E-state index contributed by atoms with van der Waals surface area (Å²) in [6.07, 6.45) is 0. The number of rotatable bonds is 2. The summed E-state index contributed by atoms with van der Waals surface area (Å²) in [4.78, 5) is 4.31. The smallest absolute Gasteiger partial charge is 0.138 e. The topological polar surface area (TPSA) is 56.9 Å². The number of alkyl halides is 1. The number of allylic oxidation sites excluding steroid dienone is 2. The molecular formula is C12H9ClN2OS. The number of hydrogen-bond acceptors (Lipinski definition) is 4. The zero-order valence-electron chi connectivity index (χ0n) is 9.01. The Bertz CT molecular complexity index is 592. The van der Waals surface area contributed by atoms with Crippen LogP contribution in [-0.2, 0) is 0 Å². The SMILES string of the molecule is C[C@@H](Cl)/C(O)=C(\C#N)c1nc2ccccc2s1. The quantitative estimate of drug-likeness (QED) is 0.511. The van der Waals surface area contributed by atoms with Gasteiger partial charge in [0.05, 0.1) is 15.6 Å². The van der Waals surface area contributed by atoms with Crippen molar-refractivity contribution in [3.63, 3.8) is 0 Å². The molecule has 1 N–H and O–H groups in total. The fraction of sp³-hybridized carbons (Fsp3) is 0.167. The maximum absolute atomic E-state index is 9.76. The fourth-order valence-corrected chi connectivity index (χ4v) is 2.47. The van der Waals surface area contributed by atoms with Crippen molar-refractivity contribution in [1.29, 1.82) is 5.26 Å². The van der Waals surface area contributed by atoms with E-state index in [0.717, 1.165) is 10.2 Å². The van der Waals surface area contributed by atoms with E-state index in [0.29, 0.717) is 5.01 Å². The molecule has 1 heterocycles. The van der Waals surface area contributed by atoms with Gasteiger partial charge in [0.1, 0.15) is 22.4 Å². The summed E-state index contributed by atoms with van der Waals surface area (Å²) < 4.78 is 0.977. The lowest BCUT2D eigenvalue weighted by Gasteiger charge is -2.02. The van der Waals surface area contributed by atoms with Gasteiger partial charge in [-0.25, -0.2) is 4.98 Å². The predicted molar refractivity (Wildman–Crippen MR) is 70.1 cm³/mol. The third kappa shape index (κ3) is 2.26. The van der Waals surface area contributed by atoms with Crippen LogP contribution in [0.4, 0.5) is 0 Å². The lowest BCUT2D eigenvalue weighted by atomic mass is 10.2. The molecule has 0 radical (unpaired) electrons. The zero-order valence-corrected chi connectivity index (χ0v) is 10.6. The molecular weight excluding hydrogens is 256 g/mol. The minimum absolute atomic E-state index is 0.131. The Balaban J connectivity index is 2.60. The second kappa shape index (κ2) is 4.74. The van der Waals surface area contributed by atoms with Gasteiger partial charge in [-0.15, -0.1) is 22.9 Å². The highest BCUT2D eigenvalue weighted by atomic mass is 35.5. The van der Waals surface area contributed by atoms with Gasteiger partial charge < -0.3 is 5.11 Å². The number of benzene rings is 1. The first-order valence-corrected chi connectivity index (χ1v) is 6.22. The second-order valence-electron chi connectivity index (χ2n) is 3.47. The van der Waals surface area contributed by atoms with Crippen LogP contribution >= 0.6 is 22.9 Å². The van der Waals surface area contributed by atoms with Gasteiger partial charge >= 0.3 is 0 Å². The number of aliphatic hydroxyl groups excluding tert-OH is 1. The van der Waals surface area contributed by atoms with Crippen molar-refractivity contribution >= 4 is 38.7 Å². The second-order valence-corrected chi connectivity index (χ2v) is 5.16. The van der Waals surface area contributed by atoms with Crippen molar-refractivity contribution in [1.82, 2.24) is 4.98 Å². The summed E-state index contributed by atoms with van der Waals surface area (Å²) in [5, 5.41) is 18.7. The van der Waals surface area contributed by atoms with Gasteiger partial charge in [-0.1, -0.05) is 12.1 Å². The molecule has 5 heteroatoms. The molecule has 0 amide bonds. The molecule has 1 atom stereocenters. The van der Waals surface area contributed by atoms with E-state index in [-0.39, 0.29) is 11.3 Å². The minimum Gasteiger partial charge on any atom is -0.509 e. The highest BCUT2D eigenvalue weighted by Gasteiger charge is 2.16. The van der Waals surface area contributed by atoms with E-state index in [2.05, 4.69) is 4.98 Å². The molecule has 17 heavy (non-hydrogen) atoms. The maximum Gasteiger partial charge on any atom is 0.138 e. The highest BCUT2D eigenvalue weighted by molar-refractivity contribution is 7.19. The van der Waals surface area contributed by atoms with Crippen LogP contribution in [0.2, 0.25) is 0 Å². The predicted octanol–water partition coefficient (Wildman–Crippen LogP) is 3.72. The number of aromatic nitrogens is 1. The monoisotopic (exact) mass is 264 g/mol. The molecule has 2 aromatic rings. The number of halogens is 1. The Kier molecular flexibility index (Phi) is 3.32. The van der Waals surface area contributed by atoms with E-state index in [9.17, 15) is 5.11 Å². The number of hydrogen-bond donors (Lipinski definition) is 1. The van der Waals surface area contributed by atoms with E-state index in [1.54, 1.807) is 6.92 Å². The van der Waals surface area contributed by atoms with Crippen molar-refractivity contribution in [3.8, 4) is 6.07 Å². The Hall–Kier alpha value is -1.57. The van der Waals surface area contributed by atoms with Crippen LogP contribution in [0.1, 0.15) is 11.9 Å². The Morgan fingerprint density at radius 2 is 2.24 bits per heavy atom. The Morgan fingerprint density at radius 3 is 2.82 bits per heavy atom. The Morgan fingerprint density at radius 1 is 1.53 bits per heavy atom. The molecule has 1 aromatic carbocycles. The minimum atomic E-state index is -0.600. The van der Waals surface area contributed by atoms with Crippen LogP contribution in [0.5, 0.6) is 0 Å². The summed E-state index contributed by atoms with van der Waals surface area (Å²) in [7, 11) is 0. The Labute approximate surface area is 108 Å². The first-order valence-electron chi connectivity index (χ1n) is 4.96. The molecule has 0 spiro atoms. The number of nitriles is 1. The third-order valence-electron chi connectivity index (χ3n) is 2.25. The van der Waals surface area contributed by atoms with Gasteiger partial charge in [0.2, 0.25) is 0 Å². The number of nitrogens with zero attached hydrogens (tertiary/aromatic N) is 2. The van der Waals surface area contributed by atoms with Crippen LogP contribution in [0, 0.1) is 11.3 Å². The van der Waals surface area contributed by atoms with Gasteiger partial charge in [-0.2, -0.15) is 5.26 Å². The number of thiazole rings is 1. The maximum atomic E-state index is 9.76. The lowest BCUT2D eigenvalue weighted by Crippen LogP contribution is -1.99. The van der Waals surface area contributed by atoms with Crippen LogP contribution in [-0.4, -0.2) is 15.5 Å². The molecule has 0 fully saturated rings. The van der Waals surface area contributed by atoms with Gasteiger partial charge in [0.15, 0.2) is 0 Å². The normalized spacial score (nSPS) is 14.2.